The molecule has 0 spiro atoms. The van der Waals surface area contributed by atoms with Gasteiger partial charge < -0.3 is 10.6 Å². The van der Waals surface area contributed by atoms with Gasteiger partial charge in [0.1, 0.15) is 0 Å². The molecule has 3 nitrogen and oxygen atoms in total. The second-order valence-electron chi connectivity index (χ2n) is 3.21. The van der Waals surface area contributed by atoms with Crippen molar-refractivity contribution < 1.29 is 13.6 Å². The predicted molar refractivity (Wildman–Crippen MR) is 57.2 cm³/mol. The van der Waals surface area contributed by atoms with Gasteiger partial charge in [-0.15, -0.1) is 0 Å². The summed E-state index contributed by atoms with van der Waals surface area (Å²) in [6.07, 6.45) is 0. The van der Waals surface area contributed by atoms with Crippen molar-refractivity contribution in [3.63, 3.8) is 0 Å². The zero-order valence-electron chi connectivity index (χ0n) is 9.02. The standard InChI is InChI=1S/C11H14F2N2O/c1-2-14-6-7-15-11(16)8-4-3-5-9(12)10(8)13/h3-5,14H,2,6-7H2,1H3,(H,15,16). The van der Waals surface area contributed by atoms with E-state index in [9.17, 15) is 13.6 Å². The van der Waals surface area contributed by atoms with Crippen LogP contribution in [-0.2, 0) is 0 Å². The molecule has 0 bridgehead atoms. The van der Waals surface area contributed by atoms with Gasteiger partial charge in [0.25, 0.3) is 5.91 Å². The Morgan fingerprint density at radius 2 is 2.06 bits per heavy atom. The van der Waals surface area contributed by atoms with E-state index in [4.69, 9.17) is 0 Å². The number of likely N-dealkylation sites (N-methyl/N-ethyl adjacent to an activating group) is 1. The SMILES string of the molecule is CCNCCNC(=O)c1cccc(F)c1F. The number of hydrogen-bond donors (Lipinski definition) is 2. The Hall–Kier alpha value is -1.49. The molecule has 0 saturated heterocycles. The first-order valence-electron chi connectivity index (χ1n) is 5.09. The van der Waals surface area contributed by atoms with Crippen LogP contribution in [0.5, 0.6) is 0 Å². The molecule has 0 unspecified atom stereocenters. The van der Waals surface area contributed by atoms with Gasteiger partial charge in [0, 0.05) is 13.1 Å². The quantitative estimate of drug-likeness (QED) is 0.746. The number of benzene rings is 1. The fraction of sp³-hybridized carbons (Fsp3) is 0.364. The maximum Gasteiger partial charge on any atom is 0.254 e. The largest absolute Gasteiger partial charge is 0.351 e. The van der Waals surface area contributed by atoms with E-state index >= 15 is 0 Å². The van der Waals surface area contributed by atoms with Crippen molar-refractivity contribution in [2.45, 2.75) is 6.92 Å². The lowest BCUT2D eigenvalue weighted by Crippen LogP contribution is -2.32. The highest BCUT2D eigenvalue weighted by molar-refractivity contribution is 5.94. The second kappa shape index (κ2) is 6.17. The average molecular weight is 228 g/mol. The third kappa shape index (κ3) is 3.27. The lowest BCUT2D eigenvalue weighted by Gasteiger charge is -2.06. The van der Waals surface area contributed by atoms with Crippen molar-refractivity contribution >= 4 is 5.91 Å². The van der Waals surface area contributed by atoms with Crippen molar-refractivity contribution in [3.05, 3.63) is 35.4 Å². The first-order chi connectivity index (χ1) is 7.66. The smallest absolute Gasteiger partial charge is 0.254 e. The van der Waals surface area contributed by atoms with Gasteiger partial charge in [-0.25, -0.2) is 8.78 Å². The van der Waals surface area contributed by atoms with Crippen LogP contribution in [0.25, 0.3) is 0 Å². The van der Waals surface area contributed by atoms with E-state index in [0.717, 1.165) is 12.6 Å². The lowest BCUT2D eigenvalue weighted by molar-refractivity contribution is 0.0949. The van der Waals surface area contributed by atoms with Crippen LogP contribution in [0, 0.1) is 11.6 Å². The van der Waals surface area contributed by atoms with E-state index in [1.165, 1.54) is 12.1 Å². The third-order valence-electron chi connectivity index (χ3n) is 2.03. The minimum atomic E-state index is -1.11. The monoisotopic (exact) mass is 228 g/mol. The molecule has 0 aromatic heterocycles. The van der Waals surface area contributed by atoms with E-state index < -0.39 is 17.5 Å². The van der Waals surface area contributed by atoms with Gasteiger partial charge in [-0.05, 0) is 18.7 Å². The van der Waals surface area contributed by atoms with Crippen LogP contribution in [0.4, 0.5) is 8.78 Å². The molecule has 0 fully saturated rings. The molecule has 1 rings (SSSR count). The van der Waals surface area contributed by atoms with Gasteiger partial charge in [-0.3, -0.25) is 4.79 Å². The fourth-order valence-electron chi connectivity index (χ4n) is 1.22. The van der Waals surface area contributed by atoms with E-state index in [-0.39, 0.29) is 5.56 Å². The normalized spacial score (nSPS) is 10.2. The Morgan fingerprint density at radius 3 is 2.75 bits per heavy atom. The van der Waals surface area contributed by atoms with Gasteiger partial charge in [-0.1, -0.05) is 13.0 Å². The molecule has 0 atom stereocenters. The highest BCUT2D eigenvalue weighted by Crippen LogP contribution is 2.10. The van der Waals surface area contributed by atoms with Crippen molar-refractivity contribution in [3.8, 4) is 0 Å². The van der Waals surface area contributed by atoms with Crippen molar-refractivity contribution in [1.29, 1.82) is 0 Å². The highest BCUT2D eigenvalue weighted by atomic mass is 19.2. The van der Waals surface area contributed by atoms with Crippen molar-refractivity contribution in [2.24, 2.45) is 0 Å². The van der Waals surface area contributed by atoms with E-state index in [1.807, 2.05) is 6.92 Å². The maximum absolute atomic E-state index is 13.2. The van der Waals surface area contributed by atoms with Crippen molar-refractivity contribution in [2.75, 3.05) is 19.6 Å². The van der Waals surface area contributed by atoms with Crippen LogP contribution in [0.15, 0.2) is 18.2 Å². The Bertz CT molecular complexity index is 369. The van der Waals surface area contributed by atoms with Crippen LogP contribution in [-0.4, -0.2) is 25.5 Å². The third-order valence-corrected chi connectivity index (χ3v) is 2.03. The molecule has 0 heterocycles. The Morgan fingerprint density at radius 1 is 1.31 bits per heavy atom. The molecule has 88 valence electrons. The topological polar surface area (TPSA) is 41.1 Å². The molecule has 5 heteroatoms. The Balaban J connectivity index is 2.56. The molecule has 16 heavy (non-hydrogen) atoms. The van der Waals surface area contributed by atoms with Gasteiger partial charge in [0.15, 0.2) is 11.6 Å². The predicted octanol–water partition coefficient (Wildman–Crippen LogP) is 1.30. The molecule has 0 aliphatic heterocycles. The molecule has 0 radical (unpaired) electrons. The van der Waals surface area contributed by atoms with Crippen LogP contribution in [0.1, 0.15) is 17.3 Å². The van der Waals surface area contributed by atoms with Gasteiger partial charge >= 0.3 is 0 Å². The number of halogens is 2. The zero-order valence-corrected chi connectivity index (χ0v) is 9.02. The first kappa shape index (κ1) is 12.6. The number of nitrogens with one attached hydrogen (secondary N) is 2. The molecular formula is C11H14F2N2O. The molecule has 2 N–H and O–H groups in total. The fourth-order valence-corrected chi connectivity index (χ4v) is 1.22. The zero-order chi connectivity index (χ0) is 12.0. The van der Waals surface area contributed by atoms with E-state index in [1.54, 1.807) is 0 Å². The second-order valence-corrected chi connectivity index (χ2v) is 3.21. The van der Waals surface area contributed by atoms with Crippen LogP contribution in [0.3, 0.4) is 0 Å². The Kier molecular flexibility index (Phi) is 4.85. The summed E-state index contributed by atoms with van der Waals surface area (Å²) in [5.74, 6) is -2.72. The minimum Gasteiger partial charge on any atom is -0.351 e. The van der Waals surface area contributed by atoms with Crippen molar-refractivity contribution in [1.82, 2.24) is 10.6 Å². The molecule has 0 saturated carbocycles. The molecule has 1 amide bonds. The summed E-state index contributed by atoms with van der Waals surface area (Å²) < 4.78 is 26.0. The summed E-state index contributed by atoms with van der Waals surface area (Å²) in [5, 5.41) is 5.49. The van der Waals surface area contributed by atoms with Gasteiger partial charge in [0.05, 0.1) is 5.56 Å². The summed E-state index contributed by atoms with van der Waals surface area (Å²) >= 11 is 0. The Labute approximate surface area is 92.8 Å². The van der Waals surface area contributed by atoms with Gasteiger partial charge in [0.2, 0.25) is 0 Å². The number of hydrogen-bond acceptors (Lipinski definition) is 2. The van der Waals surface area contributed by atoms with Crippen LogP contribution < -0.4 is 10.6 Å². The number of amides is 1. The minimum absolute atomic E-state index is 0.267. The highest BCUT2D eigenvalue weighted by Gasteiger charge is 2.13. The van der Waals surface area contributed by atoms with Crippen LogP contribution >= 0.6 is 0 Å². The number of carbonyl (C=O) groups is 1. The average Bonchev–Trinajstić information content (AvgIpc) is 2.28. The molecule has 1 aromatic rings. The number of rotatable bonds is 5. The van der Waals surface area contributed by atoms with E-state index in [2.05, 4.69) is 10.6 Å². The summed E-state index contributed by atoms with van der Waals surface area (Å²) in [7, 11) is 0. The summed E-state index contributed by atoms with van der Waals surface area (Å²) in [5.41, 5.74) is -0.267. The number of carbonyl (C=O) groups excluding carboxylic acids is 1. The van der Waals surface area contributed by atoms with E-state index in [0.29, 0.717) is 13.1 Å². The van der Waals surface area contributed by atoms with Crippen LogP contribution in [0.2, 0.25) is 0 Å². The summed E-state index contributed by atoms with van der Waals surface area (Å²) in [6.45, 7) is 3.71. The summed E-state index contributed by atoms with van der Waals surface area (Å²) in [4.78, 5) is 11.4. The first-order valence-corrected chi connectivity index (χ1v) is 5.09. The molecule has 1 aromatic carbocycles. The molecule has 0 aliphatic carbocycles. The maximum atomic E-state index is 13.2. The summed E-state index contributed by atoms with van der Waals surface area (Å²) in [6, 6.07) is 3.53. The molecule has 0 aliphatic rings. The molecular weight excluding hydrogens is 214 g/mol. The lowest BCUT2D eigenvalue weighted by atomic mass is 10.2. The van der Waals surface area contributed by atoms with Gasteiger partial charge in [-0.2, -0.15) is 0 Å².